The third-order valence-corrected chi connectivity index (χ3v) is 5.75. The summed E-state index contributed by atoms with van der Waals surface area (Å²) in [5, 5.41) is 0. The SMILES string of the molecule is Cc1ccc(N2CCN(C(=O)c3ccc(N4CCN(C)C4=O)cn3)CC2)c(C)c1. The number of aryl methyl sites for hydroxylation is 2. The molecule has 1 aromatic heterocycles. The fraction of sp³-hybridized carbons (Fsp3) is 0.409. The monoisotopic (exact) mass is 393 g/mol. The van der Waals surface area contributed by atoms with Gasteiger partial charge in [-0.1, -0.05) is 17.7 Å². The molecular formula is C22H27N5O2. The fourth-order valence-electron chi connectivity index (χ4n) is 4.03. The quantitative estimate of drug-likeness (QED) is 0.804. The summed E-state index contributed by atoms with van der Waals surface area (Å²) in [5.41, 5.74) is 4.93. The number of piperazine rings is 1. The van der Waals surface area contributed by atoms with E-state index in [0.29, 0.717) is 31.9 Å². The average Bonchev–Trinajstić information content (AvgIpc) is 3.06. The molecule has 2 aliphatic heterocycles. The highest BCUT2D eigenvalue weighted by molar-refractivity contribution is 5.95. The van der Waals surface area contributed by atoms with E-state index >= 15 is 0 Å². The fourth-order valence-corrected chi connectivity index (χ4v) is 4.03. The van der Waals surface area contributed by atoms with Crippen LogP contribution in [0.15, 0.2) is 36.5 Å². The molecule has 0 radical (unpaired) electrons. The predicted octanol–water partition coefficient (Wildman–Crippen LogP) is 2.53. The molecule has 0 saturated carbocycles. The summed E-state index contributed by atoms with van der Waals surface area (Å²) < 4.78 is 0. The van der Waals surface area contributed by atoms with E-state index in [-0.39, 0.29) is 11.9 Å². The van der Waals surface area contributed by atoms with Crippen LogP contribution in [0.25, 0.3) is 0 Å². The summed E-state index contributed by atoms with van der Waals surface area (Å²) in [6, 6.07) is 9.99. The molecule has 0 N–H and O–H groups in total. The summed E-state index contributed by atoms with van der Waals surface area (Å²) in [6.45, 7) is 8.54. The highest BCUT2D eigenvalue weighted by Crippen LogP contribution is 2.23. The van der Waals surface area contributed by atoms with Crippen molar-refractivity contribution in [3.8, 4) is 0 Å². The minimum Gasteiger partial charge on any atom is -0.368 e. The number of likely N-dealkylation sites (N-methyl/N-ethyl adjacent to an activating group) is 1. The largest absolute Gasteiger partial charge is 0.368 e. The number of carbonyl (C=O) groups excluding carboxylic acids is 2. The van der Waals surface area contributed by atoms with Crippen LogP contribution in [0.3, 0.4) is 0 Å². The lowest BCUT2D eigenvalue weighted by Crippen LogP contribution is -2.49. The number of anilines is 2. The van der Waals surface area contributed by atoms with Crippen LogP contribution in [0.5, 0.6) is 0 Å². The number of urea groups is 1. The third-order valence-electron chi connectivity index (χ3n) is 5.75. The second-order valence-corrected chi connectivity index (χ2v) is 7.83. The van der Waals surface area contributed by atoms with Gasteiger partial charge in [-0.25, -0.2) is 9.78 Å². The van der Waals surface area contributed by atoms with Gasteiger partial charge in [0.25, 0.3) is 5.91 Å². The first-order valence-corrected chi connectivity index (χ1v) is 10.0. The van der Waals surface area contributed by atoms with Crippen molar-refractivity contribution in [3.63, 3.8) is 0 Å². The molecule has 2 fully saturated rings. The van der Waals surface area contributed by atoms with Crippen LogP contribution in [0.4, 0.5) is 16.2 Å². The number of hydrogen-bond acceptors (Lipinski definition) is 4. The normalized spacial score (nSPS) is 17.3. The third kappa shape index (κ3) is 3.77. The number of aromatic nitrogens is 1. The Kier molecular flexibility index (Phi) is 5.13. The van der Waals surface area contributed by atoms with Crippen LogP contribution in [0.2, 0.25) is 0 Å². The maximum atomic E-state index is 12.9. The van der Waals surface area contributed by atoms with Gasteiger partial charge in [0.2, 0.25) is 0 Å². The first kappa shape index (κ1) is 19.2. The zero-order valence-corrected chi connectivity index (χ0v) is 17.3. The van der Waals surface area contributed by atoms with E-state index in [1.165, 1.54) is 16.8 Å². The molecule has 0 atom stereocenters. The average molecular weight is 393 g/mol. The molecule has 0 bridgehead atoms. The van der Waals surface area contributed by atoms with Gasteiger partial charge >= 0.3 is 6.03 Å². The van der Waals surface area contributed by atoms with Gasteiger partial charge in [0, 0.05) is 52.0 Å². The lowest BCUT2D eigenvalue weighted by atomic mass is 10.1. The highest BCUT2D eigenvalue weighted by Gasteiger charge is 2.28. The summed E-state index contributed by atoms with van der Waals surface area (Å²) in [4.78, 5) is 36.9. The first-order valence-electron chi connectivity index (χ1n) is 10.0. The van der Waals surface area contributed by atoms with Crippen LogP contribution in [-0.2, 0) is 0 Å². The number of nitrogens with zero attached hydrogens (tertiary/aromatic N) is 5. The molecule has 2 aromatic rings. The van der Waals surface area contributed by atoms with Crippen molar-refractivity contribution in [2.75, 3.05) is 56.1 Å². The molecule has 2 aliphatic rings. The summed E-state index contributed by atoms with van der Waals surface area (Å²) in [7, 11) is 1.78. The van der Waals surface area contributed by atoms with Crippen molar-refractivity contribution in [2.24, 2.45) is 0 Å². The van der Waals surface area contributed by atoms with Crippen molar-refractivity contribution in [1.82, 2.24) is 14.8 Å². The van der Waals surface area contributed by atoms with Gasteiger partial charge in [-0.3, -0.25) is 9.69 Å². The Hall–Kier alpha value is -3.09. The standard InChI is InChI=1S/C22H27N5O2/c1-16-4-7-20(17(2)14-16)25-9-11-26(12-10-25)21(28)19-6-5-18(15-23-19)27-13-8-24(3)22(27)29/h4-7,14-15H,8-13H2,1-3H3. The van der Waals surface area contributed by atoms with Gasteiger partial charge < -0.3 is 14.7 Å². The summed E-state index contributed by atoms with van der Waals surface area (Å²) >= 11 is 0. The molecule has 7 heteroatoms. The zero-order chi connectivity index (χ0) is 20.5. The van der Waals surface area contributed by atoms with E-state index in [4.69, 9.17) is 0 Å². The van der Waals surface area contributed by atoms with Gasteiger partial charge in [0.05, 0.1) is 11.9 Å². The number of hydrogen-bond donors (Lipinski definition) is 0. The molecular weight excluding hydrogens is 366 g/mol. The first-order chi connectivity index (χ1) is 13.9. The molecule has 0 unspecified atom stereocenters. The van der Waals surface area contributed by atoms with Crippen LogP contribution < -0.4 is 9.80 Å². The molecule has 152 valence electrons. The Bertz CT molecular complexity index is 919. The Morgan fingerprint density at radius 1 is 0.966 bits per heavy atom. The second-order valence-electron chi connectivity index (χ2n) is 7.83. The molecule has 3 amide bonds. The topological polar surface area (TPSA) is 60.0 Å². The van der Waals surface area contributed by atoms with Gasteiger partial charge in [-0.05, 0) is 37.6 Å². The molecule has 3 heterocycles. The van der Waals surface area contributed by atoms with Crippen molar-refractivity contribution in [3.05, 3.63) is 53.3 Å². The van der Waals surface area contributed by atoms with Crippen molar-refractivity contribution in [2.45, 2.75) is 13.8 Å². The van der Waals surface area contributed by atoms with E-state index < -0.39 is 0 Å². The molecule has 7 nitrogen and oxygen atoms in total. The summed E-state index contributed by atoms with van der Waals surface area (Å²) in [5.74, 6) is -0.0540. The molecule has 0 spiro atoms. The van der Waals surface area contributed by atoms with E-state index in [1.807, 2.05) is 11.0 Å². The molecule has 0 aliphatic carbocycles. The minimum absolute atomic E-state index is 0.0339. The number of rotatable bonds is 3. The van der Waals surface area contributed by atoms with Gasteiger partial charge in [-0.2, -0.15) is 0 Å². The smallest absolute Gasteiger partial charge is 0.324 e. The highest BCUT2D eigenvalue weighted by atomic mass is 16.2. The van der Waals surface area contributed by atoms with Crippen LogP contribution in [0.1, 0.15) is 21.6 Å². The number of amides is 3. The van der Waals surface area contributed by atoms with Crippen LogP contribution in [-0.4, -0.2) is 73.0 Å². The van der Waals surface area contributed by atoms with Crippen molar-refractivity contribution < 1.29 is 9.59 Å². The van der Waals surface area contributed by atoms with E-state index in [0.717, 1.165) is 18.8 Å². The minimum atomic E-state index is -0.0540. The van der Waals surface area contributed by atoms with E-state index in [1.54, 1.807) is 29.1 Å². The Morgan fingerprint density at radius 2 is 1.72 bits per heavy atom. The molecule has 29 heavy (non-hydrogen) atoms. The Balaban J connectivity index is 1.39. The van der Waals surface area contributed by atoms with Gasteiger partial charge in [0.15, 0.2) is 0 Å². The van der Waals surface area contributed by atoms with Gasteiger partial charge in [0.1, 0.15) is 5.69 Å². The van der Waals surface area contributed by atoms with Crippen molar-refractivity contribution in [1.29, 1.82) is 0 Å². The predicted molar refractivity (Wildman–Crippen MR) is 114 cm³/mol. The number of benzene rings is 1. The zero-order valence-electron chi connectivity index (χ0n) is 17.3. The maximum Gasteiger partial charge on any atom is 0.324 e. The molecule has 4 rings (SSSR count). The maximum absolute atomic E-state index is 12.9. The van der Waals surface area contributed by atoms with Crippen LogP contribution >= 0.6 is 0 Å². The molecule has 1 aromatic carbocycles. The molecule has 2 saturated heterocycles. The Labute approximate surface area is 171 Å². The van der Waals surface area contributed by atoms with Crippen molar-refractivity contribution >= 4 is 23.3 Å². The second kappa shape index (κ2) is 7.73. The van der Waals surface area contributed by atoms with Crippen LogP contribution in [0, 0.1) is 13.8 Å². The van der Waals surface area contributed by atoms with E-state index in [9.17, 15) is 9.59 Å². The number of pyridine rings is 1. The summed E-state index contributed by atoms with van der Waals surface area (Å²) in [6.07, 6.45) is 1.62. The van der Waals surface area contributed by atoms with E-state index in [2.05, 4.69) is 41.9 Å². The van der Waals surface area contributed by atoms with Gasteiger partial charge in [-0.15, -0.1) is 0 Å². The lowest BCUT2D eigenvalue weighted by Gasteiger charge is -2.36. The lowest BCUT2D eigenvalue weighted by molar-refractivity contribution is 0.0741. The number of carbonyl (C=O) groups is 2. The Morgan fingerprint density at radius 3 is 2.31 bits per heavy atom.